The van der Waals surface area contributed by atoms with Crippen LogP contribution >= 0.6 is 0 Å². The number of rotatable bonds is 4. The molecular formula is C15H25N3. The second kappa shape index (κ2) is 5.72. The van der Waals surface area contributed by atoms with Crippen LogP contribution in [-0.4, -0.2) is 38.1 Å². The van der Waals surface area contributed by atoms with Gasteiger partial charge in [0.15, 0.2) is 0 Å². The van der Waals surface area contributed by atoms with Crippen molar-refractivity contribution in [2.75, 3.05) is 32.1 Å². The molecule has 0 aromatic heterocycles. The van der Waals surface area contributed by atoms with Crippen LogP contribution in [0, 0.1) is 5.92 Å². The number of likely N-dealkylation sites (tertiary alicyclic amines) is 1. The summed E-state index contributed by atoms with van der Waals surface area (Å²) in [4.78, 5) is 4.64. The molecule has 100 valence electrons. The lowest BCUT2D eigenvalue weighted by atomic mass is 10.0. The number of nitrogens with zero attached hydrogens (tertiary/aromatic N) is 2. The number of hydrogen-bond donors (Lipinski definition) is 1. The molecule has 0 bridgehead atoms. The van der Waals surface area contributed by atoms with Gasteiger partial charge in [-0.15, -0.1) is 0 Å². The number of hydrogen-bond acceptors (Lipinski definition) is 3. The van der Waals surface area contributed by atoms with E-state index in [0.29, 0.717) is 12.0 Å². The van der Waals surface area contributed by atoms with Crippen LogP contribution in [0.25, 0.3) is 0 Å². The third kappa shape index (κ3) is 3.24. The van der Waals surface area contributed by atoms with E-state index in [-0.39, 0.29) is 0 Å². The highest BCUT2D eigenvalue weighted by molar-refractivity contribution is 5.45. The summed E-state index contributed by atoms with van der Waals surface area (Å²) in [6.45, 7) is 5.51. The number of benzene rings is 1. The minimum Gasteiger partial charge on any atom is -0.378 e. The molecule has 1 saturated heterocycles. The van der Waals surface area contributed by atoms with Gasteiger partial charge in [-0.1, -0.05) is 12.1 Å². The van der Waals surface area contributed by atoms with E-state index in [1.54, 1.807) is 0 Å². The topological polar surface area (TPSA) is 32.5 Å². The number of anilines is 1. The summed E-state index contributed by atoms with van der Waals surface area (Å²) in [5, 5.41) is 0. The van der Waals surface area contributed by atoms with Crippen LogP contribution in [0.2, 0.25) is 0 Å². The predicted molar refractivity (Wildman–Crippen MR) is 77.8 cm³/mol. The minimum atomic E-state index is 0.325. The smallest absolute Gasteiger partial charge is 0.0361 e. The lowest BCUT2D eigenvalue weighted by molar-refractivity contribution is 0.308. The Morgan fingerprint density at radius 2 is 2.00 bits per heavy atom. The van der Waals surface area contributed by atoms with Crippen molar-refractivity contribution >= 4 is 5.69 Å². The van der Waals surface area contributed by atoms with Gasteiger partial charge in [0.2, 0.25) is 0 Å². The van der Waals surface area contributed by atoms with Gasteiger partial charge in [0, 0.05) is 38.9 Å². The van der Waals surface area contributed by atoms with E-state index in [1.807, 2.05) is 0 Å². The van der Waals surface area contributed by atoms with Crippen molar-refractivity contribution in [2.45, 2.75) is 25.9 Å². The Kier molecular flexibility index (Phi) is 4.25. The molecule has 3 heteroatoms. The van der Waals surface area contributed by atoms with Crippen LogP contribution in [-0.2, 0) is 6.54 Å². The molecule has 1 aliphatic heterocycles. The molecule has 0 aliphatic carbocycles. The molecule has 0 saturated carbocycles. The highest BCUT2D eigenvalue weighted by Crippen LogP contribution is 2.21. The van der Waals surface area contributed by atoms with Gasteiger partial charge in [-0.05, 0) is 43.5 Å². The highest BCUT2D eigenvalue weighted by atomic mass is 15.1. The fourth-order valence-electron chi connectivity index (χ4n) is 2.59. The molecule has 18 heavy (non-hydrogen) atoms. The van der Waals surface area contributed by atoms with Gasteiger partial charge < -0.3 is 10.6 Å². The summed E-state index contributed by atoms with van der Waals surface area (Å²) >= 11 is 0. The van der Waals surface area contributed by atoms with Crippen LogP contribution in [0.1, 0.15) is 18.9 Å². The maximum absolute atomic E-state index is 5.97. The second-order valence-corrected chi connectivity index (χ2v) is 5.70. The molecule has 2 rings (SSSR count). The summed E-state index contributed by atoms with van der Waals surface area (Å²) in [6.07, 6.45) is 1.24. The van der Waals surface area contributed by atoms with Crippen molar-refractivity contribution < 1.29 is 0 Å². The van der Waals surface area contributed by atoms with Crippen molar-refractivity contribution in [2.24, 2.45) is 11.7 Å². The lowest BCUT2D eigenvalue weighted by Crippen LogP contribution is -2.29. The molecule has 1 aliphatic rings. The maximum Gasteiger partial charge on any atom is 0.0361 e. The minimum absolute atomic E-state index is 0.325. The zero-order chi connectivity index (χ0) is 13.1. The molecule has 0 spiro atoms. The lowest BCUT2D eigenvalue weighted by Gasteiger charge is -2.18. The van der Waals surface area contributed by atoms with Crippen LogP contribution in [0.4, 0.5) is 5.69 Å². The average molecular weight is 247 g/mol. The Hall–Kier alpha value is -1.06. The molecule has 0 amide bonds. The van der Waals surface area contributed by atoms with Gasteiger partial charge >= 0.3 is 0 Å². The summed E-state index contributed by atoms with van der Waals surface area (Å²) in [7, 11) is 4.14. The molecule has 3 nitrogen and oxygen atoms in total. The van der Waals surface area contributed by atoms with Crippen molar-refractivity contribution in [3.8, 4) is 0 Å². The largest absolute Gasteiger partial charge is 0.378 e. The quantitative estimate of drug-likeness (QED) is 0.882. The van der Waals surface area contributed by atoms with E-state index in [9.17, 15) is 0 Å². The molecule has 0 radical (unpaired) electrons. The Morgan fingerprint density at radius 3 is 2.50 bits per heavy atom. The summed E-state index contributed by atoms with van der Waals surface area (Å²) in [5.74, 6) is 0.672. The molecular weight excluding hydrogens is 222 g/mol. The molecule has 2 N–H and O–H groups in total. The monoisotopic (exact) mass is 247 g/mol. The van der Waals surface area contributed by atoms with E-state index in [2.05, 4.69) is 55.1 Å². The molecule has 1 fully saturated rings. The van der Waals surface area contributed by atoms with Gasteiger partial charge in [0.1, 0.15) is 0 Å². The average Bonchev–Trinajstić information content (AvgIpc) is 2.78. The first-order valence-corrected chi connectivity index (χ1v) is 6.80. The van der Waals surface area contributed by atoms with Crippen molar-refractivity contribution in [1.29, 1.82) is 0 Å². The van der Waals surface area contributed by atoms with Gasteiger partial charge in [-0.25, -0.2) is 0 Å². The molecule has 1 aromatic carbocycles. The van der Waals surface area contributed by atoms with Gasteiger partial charge in [-0.2, -0.15) is 0 Å². The third-order valence-electron chi connectivity index (χ3n) is 3.91. The first kappa shape index (κ1) is 13.4. The SMILES string of the molecule is CC(N)C1CCN(Cc2ccc(N(C)C)cc2)C1. The van der Waals surface area contributed by atoms with E-state index >= 15 is 0 Å². The zero-order valence-electron chi connectivity index (χ0n) is 11.8. The first-order chi connectivity index (χ1) is 8.56. The van der Waals surface area contributed by atoms with Crippen LogP contribution < -0.4 is 10.6 Å². The summed E-state index contributed by atoms with van der Waals surface area (Å²) in [5.41, 5.74) is 8.63. The summed E-state index contributed by atoms with van der Waals surface area (Å²) < 4.78 is 0. The summed E-state index contributed by atoms with van der Waals surface area (Å²) in [6, 6.07) is 9.16. The van der Waals surface area contributed by atoms with Gasteiger partial charge in [0.05, 0.1) is 0 Å². The van der Waals surface area contributed by atoms with Crippen LogP contribution in [0.3, 0.4) is 0 Å². The van der Waals surface area contributed by atoms with Crippen molar-refractivity contribution in [3.05, 3.63) is 29.8 Å². The molecule has 1 heterocycles. The normalized spacial score (nSPS) is 22.1. The van der Waals surface area contributed by atoms with Crippen molar-refractivity contribution in [1.82, 2.24) is 4.90 Å². The number of nitrogens with two attached hydrogens (primary N) is 1. The standard InChI is InChI=1S/C15H25N3/c1-12(16)14-8-9-18(11-14)10-13-4-6-15(7-5-13)17(2)3/h4-7,12,14H,8-11,16H2,1-3H3. The van der Waals surface area contributed by atoms with Crippen molar-refractivity contribution in [3.63, 3.8) is 0 Å². The molecule has 2 atom stereocenters. The fourth-order valence-corrected chi connectivity index (χ4v) is 2.59. The highest BCUT2D eigenvalue weighted by Gasteiger charge is 2.24. The van der Waals surface area contributed by atoms with E-state index in [4.69, 9.17) is 5.73 Å². The Bertz CT molecular complexity index is 370. The van der Waals surface area contributed by atoms with Gasteiger partial charge in [-0.3, -0.25) is 4.90 Å². The van der Waals surface area contributed by atoms with Gasteiger partial charge in [0.25, 0.3) is 0 Å². The Balaban J connectivity index is 1.90. The molecule has 1 aromatic rings. The molecule has 2 unspecified atom stereocenters. The van der Waals surface area contributed by atoms with E-state index in [0.717, 1.165) is 13.1 Å². The zero-order valence-corrected chi connectivity index (χ0v) is 11.8. The van der Waals surface area contributed by atoms with E-state index in [1.165, 1.54) is 24.2 Å². The third-order valence-corrected chi connectivity index (χ3v) is 3.91. The van der Waals surface area contributed by atoms with Crippen LogP contribution in [0.5, 0.6) is 0 Å². The van der Waals surface area contributed by atoms with E-state index < -0.39 is 0 Å². The predicted octanol–water partition coefficient (Wildman–Crippen LogP) is 1.92. The Morgan fingerprint density at radius 1 is 1.33 bits per heavy atom. The van der Waals surface area contributed by atoms with Crippen LogP contribution in [0.15, 0.2) is 24.3 Å². The Labute approximate surface area is 111 Å². The second-order valence-electron chi connectivity index (χ2n) is 5.70. The first-order valence-electron chi connectivity index (χ1n) is 6.80. The maximum atomic E-state index is 5.97. The fraction of sp³-hybridized carbons (Fsp3) is 0.600.